The second kappa shape index (κ2) is 10.8. The van der Waals surface area contributed by atoms with Gasteiger partial charge in [-0.3, -0.25) is 10.1 Å². The molecule has 0 bridgehead atoms. The monoisotopic (exact) mass is 420 g/mol. The van der Waals surface area contributed by atoms with Crippen molar-refractivity contribution < 1.29 is 29.0 Å². The minimum atomic E-state index is -0.941. The minimum Gasteiger partial charge on any atom is -0.494 e. The van der Waals surface area contributed by atoms with E-state index in [1.807, 2.05) is 20.8 Å². The molecule has 0 unspecified atom stereocenters. The van der Waals surface area contributed by atoms with Crippen LogP contribution in [0.15, 0.2) is 36.3 Å². The van der Waals surface area contributed by atoms with Crippen molar-refractivity contribution in [1.82, 2.24) is 5.32 Å². The number of rotatable bonds is 11. The highest BCUT2D eigenvalue weighted by atomic mass is 16.6. The number of aliphatic hydroxyl groups excluding tert-OH is 1. The van der Waals surface area contributed by atoms with Crippen LogP contribution in [0.4, 0.5) is 5.69 Å². The number of nitro benzene ring substituents is 1. The van der Waals surface area contributed by atoms with Crippen molar-refractivity contribution in [3.63, 3.8) is 0 Å². The molecule has 2 atom stereocenters. The number of fused-ring (bicyclic) bond motifs is 1. The zero-order valence-corrected chi connectivity index (χ0v) is 17.4. The Morgan fingerprint density at radius 3 is 2.73 bits per heavy atom. The molecule has 0 aromatic heterocycles. The van der Waals surface area contributed by atoms with Gasteiger partial charge in [0.05, 0.1) is 24.1 Å². The molecule has 2 rings (SSSR count). The van der Waals surface area contributed by atoms with Crippen molar-refractivity contribution in [3.8, 4) is 5.75 Å². The van der Waals surface area contributed by atoms with Gasteiger partial charge in [-0.05, 0) is 25.8 Å². The van der Waals surface area contributed by atoms with Gasteiger partial charge >= 0.3 is 0 Å². The topological polar surface area (TPSA) is 120 Å². The zero-order chi connectivity index (χ0) is 22.1. The molecule has 1 aliphatic rings. The molecule has 1 aliphatic heterocycles. The number of nitrogens with zero attached hydrogens (tertiary/aromatic N) is 1. The SMILES string of the molecule is CCOC(=COCC=C=O)CN[C@H]1c2cc([N+](=O)[O-])ccc2OC(CC)(CC)[C@@H]1O. The van der Waals surface area contributed by atoms with Crippen molar-refractivity contribution in [3.05, 3.63) is 52.0 Å². The Morgan fingerprint density at radius 2 is 2.13 bits per heavy atom. The van der Waals surface area contributed by atoms with E-state index in [0.29, 0.717) is 36.5 Å². The normalized spacial score (nSPS) is 19.8. The number of nitrogens with one attached hydrogen (secondary N) is 1. The van der Waals surface area contributed by atoms with E-state index in [1.165, 1.54) is 24.5 Å². The van der Waals surface area contributed by atoms with Gasteiger partial charge in [-0.25, -0.2) is 4.79 Å². The van der Waals surface area contributed by atoms with Gasteiger partial charge in [0.1, 0.15) is 42.0 Å². The summed E-state index contributed by atoms with van der Waals surface area (Å²) in [6, 6.07) is 3.76. The van der Waals surface area contributed by atoms with Gasteiger partial charge in [-0.2, -0.15) is 0 Å². The lowest BCUT2D eigenvalue weighted by atomic mass is 9.80. The van der Waals surface area contributed by atoms with E-state index in [-0.39, 0.29) is 18.8 Å². The quantitative estimate of drug-likeness (QED) is 0.184. The van der Waals surface area contributed by atoms with Crippen LogP contribution in [-0.2, 0) is 14.3 Å². The molecule has 0 amide bonds. The van der Waals surface area contributed by atoms with Gasteiger partial charge in [-0.1, -0.05) is 13.8 Å². The molecule has 1 aromatic rings. The smallest absolute Gasteiger partial charge is 0.270 e. The van der Waals surface area contributed by atoms with Crippen LogP contribution < -0.4 is 10.1 Å². The van der Waals surface area contributed by atoms with Crippen LogP contribution in [-0.4, -0.2) is 47.4 Å². The molecule has 164 valence electrons. The fourth-order valence-corrected chi connectivity index (χ4v) is 3.52. The third kappa shape index (κ3) is 5.18. The molecule has 1 aromatic carbocycles. The molecule has 30 heavy (non-hydrogen) atoms. The molecule has 0 saturated heterocycles. The zero-order valence-electron chi connectivity index (χ0n) is 17.4. The van der Waals surface area contributed by atoms with Crippen LogP contribution in [0.1, 0.15) is 45.2 Å². The molecular weight excluding hydrogens is 392 g/mol. The van der Waals surface area contributed by atoms with Gasteiger partial charge in [0.2, 0.25) is 0 Å². The van der Waals surface area contributed by atoms with E-state index in [4.69, 9.17) is 14.2 Å². The first kappa shape index (κ1) is 23.4. The molecule has 9 nitrogen and oxygen atoms in total. The third-order valence-corrected chi connectivity index (χ3v) is 5.21. The second-order valence-corrected chi connectivity index (χ2v) is 6.83. The average molecular weight is 420 g/mol. The first-order valence-corrected chi connectivity index (χ1v) is 9.94. The van der Waals surface area contributed by atoms with Crippen LogP contribution in [0.2, 0.25) is 0 Å². The summed E-state index contributed by atoms with van der Waals surface area (Å²) in [5.41, 5.74) is -0.391. The minimum absolute atomic E-state index is 0.0593. The van der Waals surface area contributed by atoms with Gasteiger partial charge in [-0.15, -0.1) is 0 Å². The summed E-state index contributed by atoms with van der Waals surface area (Å²) < 4.78 is 16.9. The standard InChI is InChI=1S/C21H28N2O7/c1-4-21(5-2)20(25)19(17-12-15(23(26)27)8-9-18(17)30-21)22-13-16(29-6-3)14-28-11-7-10-24/h7-9,12,14,19-20,22,25H,4-6,11,13H2,1-3H3/t19-,20+/m0/s1. The highest BCUT2D eigenvalue weighted by Gasteiger charge is 2.47. The van der Waals surface area contributed by atoms with Crippen LogP contribution in [0.3, 0.4) is 0 Å². The maximum atomic E-state index is 11.2. The number of carbonyl (C=O) groups excluding carboxylic acids is 1. The summed E-state index contributed by atoms with van der Waals surface area (Å²) in [7, 11) is 0. The van der Waals surface area contributed by atoms with Crippen LogP contribution >= 0.6 is 0 Å². The summed E-state index contributed by atoms with van der Waals surface area (Å²) in [6.07, 6.45) is 2.77. The number of benzene rings is 1. The van der Waals surface area contributed by atoms with Gasteiger partial charge < -0.3 is 24.6 Å². The lowest BCUT2D eigenvalue weighted by Crippen LogP contribution is -2.55. The maximum Gasteiger partial charge on any atom is 0.270 e. The van der Waals surface area contributed by atoms with Gasteiger partial charge in [0, 0.05) is 23.8 Å². The highest BCUT2D eigenvalue weighted by Crippen LogP contribution is 2.44. The molecule has 0 radical (unpaired) electrons. The number of hydrogen-bond donors (Lipinski definition) is 2. The Kier molecular flexibility index (Phi) is 8.41. The Morgan fingerprint density at radius 1 is 1.40 bits per heavy atom. The van der Waals surface area contributed by atoms with E-state index in [2.05, 4.69) is 5.32 Å². The summed E-state index contributed by atoms with van der Waals surface area (Å²) in [5, 5.41) is 25.6. The Bertz CT molecular complexity index is 814. The molecule has 1 heterocycles. The lowest BCUT2D eigenvalue weighted by molar-refractivity contribution is -0.385. The predicted molar refractivity (Wildman–Crippen MR) is 110 cm³/mol. The molecule has 9 heteroatoms. The molecule has 0 saturated carbocycles. The molecule has 0 fully saturated rings. The number of nitro groups is 1. The van der Waals surface area contributed by atoms with Crippen molar-refractivity contribution in [1.29, 1.82) is 0 Å². The summed E-state index contributed by atoms with van der Waals surface area (Å²) in [6.45, 7) is 6.34. The summed E-state index contributed by atoms with van der Waals surface area (Å²) >= 11 is 0. The number of aliphatic hydroxyl groups is 1. The van der Waals surface area contributed by atoms with E-state index < -0.39 is 22.7 Å². The fraction of sp³-hybridized carbons (Fsp3) is 0.524. The first-order chi connectivity index (χ1) is 14.4. The number of ether oxygens (including phenoxy) is 3. The van der Waals surface area contributed by atoms with E-state index in [0.717, 1.165) is 0 Å². The molecular formula is C21H28N2O7. The first-order valence-electron chi connectivity index (χ1n) is 9.94. The van der Waals surface area contributed by atoms with Crippen molar-refractivity contribution >= 4 is 11.6 Å². The lowest BCUT2D eigenvalue weighted by Gasteiger charge is -2.45. The van der Waals surface area contributed by atoms with E-state index in [9.17, 15) is 20.0 Å². The second-order valence-electron chi connectivity index (χ2n) is 6.83. The van der Waals surface area contributed by atoms with Crippen molar-refractivity contribution in [2.24, 2.45) is 0 Å². The average Bonchev–Trinajstić information content (AvgIpc) is 2.75. The summed E-state index contributed by atoms with van der Waals surface area (Å²) in [4.78, 5) is 21.0. The Balaban J connectivity index is 2.34. The van der Waals surface area contributed by atoms with Crippen molar-refractivity contribution in [2.45, 2.75) is 51.4 Å². The maximum absolute atomic E-state index is 11.2. The molecule has 0 spiro atoms. The Hall–Kier alpha value is -2.87. The largest absolute Gasteiger partial charge is 0.494 e. The van der Waals surface area contributed by atoms with Crippen LogP contribution in [0, 0.1) is 10.1 Å². The predicted octanol–water partition coefficient (Wildman–Crippen LogP) is 2.82. The van der Waals surface area contributed by atoms with E-state index >= 15 is 0 Å². The fourth-order valence-electron chi connectivity index (χ4n) is 3.52. The van der Waals surface area contributed by atoms with Crippen LogP contribution in [0.25, 0.3) is 0 Å². The third-order valence-electron chi connectivity index (χ3n) is 5.21. The number of non-ortho nitro benzene ring substituents is 1. The summed E-state index contributed by atoms with van der Waals surface area (Å²) in [5.74, 6) is 2.58. The Labute approximate surface area is 175 Å². The van der Waals surface area contributed by atoms with Gasteiger partial charge in [0.15, 0.2) is 0 Å². The number of hydrogen-bond acceptors (Lipinski definition) is 8. The van der Waals surface area contributed by atoms with E-state index in [1.54, 1.807) is 12.0 Å². The van der Waals surface area contributed by atoms with Gasteiger partial charge in [0.25, 0.3) is 5.69 Å². The molecule has 0 aliphatic carbocycles. The molecule has 2 N–H and O–H groups in total. The highest BCUT2D eigenvalue weighted by molar-refractivity contribution is 5.48. The van der Waals surface area contributed by atoms with Crippen LogP contribution in [0.5, 0.6) is 5.75 Å². The van der Waals surface area contributed by atoms with Crippen molar-refractivity contribution in [2.75, 3.05) is 19.8 Å².